The lowest BCUT2D eigenvalue weighted by Gasteiger charge is -2.14. The Kier molecular flexibility index (Phi) is 4.89. The normalized spacial score (nSPS) is 11.5. The second-order valence-corrected chi connectivity index (χ2v) is 10.0. The summed E-state index contributed by atoms with van der Waals surface area (Å²) in [4.78, 5) is 0. The molecule has 8 aromatic rings. The minimum absolute atomic E-state index is 0.645. The van der Waals surface area contributed by atoms with Crippen molar-refractivity contribution in [3.63, 3.8) is 0 Å². The third-order valence-electron chi connectivity index (χ3n) is 7.76. The monoisotopic (exact) mass is 511 g/mol. The molecule has 3 nitrogen and oxygen atoms in total. The summed E-state index contributed by atoms with van der Waals surface area (Å²) in [5.74, 6) is 0. The van der Waals surface area contributed by atoms with Crippen LogP contribution in [0, 0.1) is 11.3 Å². The second-order valence-electron chi connectivity index (χ2n) is 10.0. The third kappa shape index (κ3) is 3.44. The number of hydrogen-bond acceptors (Lipinski definition) is 3. The van der Waals surface area contributed by atoms with Crippen molar-refractivity contribution in [2.24, 2.45) is 0 Å². The Hall–Kier alpha value is -5.59. The van der Waals surface area contributed by atoms with Gasteiger partial charge >= 0.3 is 0 Å². The van der Waals surface area contributed by atoms with Gasteiger partial charge in [0.1, 0.15) is 22.3 Å². The molecular weight excluding hydrogens is 490 g/mol. The van der Waals surface area contributed by atoms with E-state index >= 15 is 0 Å². The summed E-state index contributed by atoms with van der Waals surface area (Å²) in [5.41, 5.74) is 10.4. The van der Waals surface area contributed by atoms with Crippen molar-refractivity contribution in [3.8, 4) is 39.4 Å². The first-order valence-corrected chi connectivity index (χ1v) is 13.2. The van der Waals surface area contributed by atoms with Gasteiger partial charge in [0.2, 0.25) is 0 Å². The lowest BCUT2D eigenvalue weighted by atomic mass is 9.88. The summed E-state index contributed by atoms with van der Waals surface area (Å²) < 4.78 is 12.1. The van der Waals surface area contributed by atoms with E-state index in [0.29, 0.717) is 5.56 Å². The third-order valence-corrected chi connectivity index (χ3v) is 7.76. The molecule has 0 atom stereocenters. The zero-order chi connectivity index (χ0) is 26.6. The zero-order valence-electron chi connectivity index (χ0n) is 21.4. The topological polar surface area (TPSA) is 50.1 Å². The van der Waals surface area contributed by atoms with E-state index in [1.54, 1.807) is 0 Å². The molecule has 40 heavy (non-hydrogen) atoms. The average molecular weight is 512 g/mol. The maximum atomic E-state index is 9.98. The Morgan fingerprint density at radius 1 is 0.400 bits per heavy atom. The highest BCUT2D eigenvalue weighted by atomic mass is 16.3. The summed E-state index contributed by atoms with van der Waals surface area (Å²) >= 11 is 0. The van der Waals surface area contributed by atoms with E-state index < -0.39 is 0 Å². The largest absolute Gasteiger partial charge is 0.456 e. The van der Waals surface area contributed by atoms with Crippen LogP contribution in [0.25, 0.3) is 77.3 Å². The van der Waals surface area contributed by atoms with Crippen LogP contribution >= 0.6 is 0 Å². The van der Waals surface area contributed by atoms with Gasteiger partial charge in [0.05, 0.1) is 11.6 Å². The Labute approximate surface area is 230 Å². The molecule has 0 spiro atoms. The number of fused-ring (bicyclic) bond motifs is 6. The molecule has 0 aliphatic carbocycles. The highest BCUT2D eigenvalue weighted by molar-refractivity contribution is 6.08. The van der Waals surface area contributed by atoms with Crippen LogP contribution in [0.4, 0.5) is 0 Å². The quantitative estimate of drug-likeness (QED) is 0.237. The van der Waals surface area contributed by atoms with Crippen molar-refractivity contribution in [1.82, 2.24) is 0 Å². The molecule has 0 N–H and O–H groups in total. The summed E-state index contributed by atoms with van der Waals surface area (Å²) in [6, 6.07) is 45.6. The van der Waals surface area contributed by atoms with Crippen molar-refractivity contribution < 1.29 is 8.83 Å². The first-order valence-electron chi connectivity index (χ1n) is 13.2. The van der Waals surface area contributed by atoms with E-state index in [-0.39, 0.29) is 0 Å². The zero-order valence-corrected chi connectivity index (χ0v) is 21.4. The molecule has 2 heterocycles. The van der Waals surface area contributed by atoms with E-state index in [4.69, 9.17) is 8.83 Å². The van der Waals surface area contributed by atoms with Crippen LogP contribution in [0.5, 0.6) is 0 Å². The Balaban J connectivity index is 1.36. The molecule has 6 aromatic carbocycles. The van der Waals surface area contributed by atoms with Gasteiger partial charge in [-0.25, -0.2) is 0 Å². The van der Waals surface area contributed by atoms with Gasteiger partial charge in [-0.15, -0.1) is 0 Å². The predicted molar refractivity (Wildman–Crippen MR) is 162 cm³/mol. The average Bonchev–Trinajstić information content (AvgIpc) is 3.58. The number of nitriles is 1. The Morgan fingerprint density at radius 3 is 1.62 bits per heavy atom. The standard InChI is InChI=1S/C37H21NO2/c38-22-26-7-1-2-8-27(26)31-19-23(24-14-17-36-32(20-24)29-9-3-5-11-34(29)39-36)13-16-28(31)25-15-18-37-33(21-25)30-10-4-6-12-35(30)40-37/h1-21H. The Morgan fingerprint density at radius 2 is 0.925 bits per heavy atom. The van der Waals surface area contributed by atoms with Crippen LogP contribution in [0.1, 0.15) is 5.56 Å². The van der Waals surface area contributed by atoms with Gasteiger partial charge in [0, 0.05) is 27.1 Å². The van der Waals surface area contributed by atoms with E-state index in [2.05, 4.69) is 60.7 Å². The molecule has 0 saturated heterocycles. The number of para-hydroxylation sites is 2. The summed E-state index contributed by atoms with van der Waals surface area (Å²) in [5, 5.41) is 14.3. The highest BCUT2D eigenvalue weighted by Gasteiger charge is 2.16. The van der Waals surface area contributed by atoms with Gasteiger partial charge < -0.3 is 8.83 Å². The molecule has 186 valence electrons. The molecule has 0 amide bonds. The van der Waals surface area contributed by atoms with E-state index in [1.807, 2.05) is 72.8 Å². The molecular formula is C37H21NO2. The van der Waals surface area contributed by atoms with Crippen LogP contribution in [-0.2, 0) is 0 Å². The van der Waals surface area contributed by atoms with Crippen molar-refractivity contribution >= 4 is 43.9 Å². The maximum absolute atomic E-state index is 9.98. The fourth-order valence-electron chi connectivity index (χ4n) is 5.81. The molecule has 3 heteroatoms. The van der Waals surface area contributed by atoms with E-state index in [0.717, 1.165) is 77.3 Å². The van der Waals surface area contributed by atoms with Gasteiger partial charge in [-0.1, -0.05) is 78.9 Å². The van der Waals surface area contributed by atoms with Crippen molar-refractivity contribution in [3.05, 3.63) is 133 Å². The molecule has 0 unspecified atom stereocenters. The molecule has 2 aromatic heterocycles. The predicted octanol–water partition coefficient (Wildman–Crippen LogP) is 10.4. The van der Waals surface area contributed by atoms with Crippen LogP contribution < -0.4 is 0 Å². The van der Waals surface area contributed by atoms with Crippen LogP contribution in [0.15, 0.2) is 136 Å². The van der Waals surface area contributed by atoms with Crippen LogP contribution in [-0.4, -0.2) is 0 Å². The van der Waals surface area contributed by atoms with Gasteiger partial charge in [0.15, 0.2) is 0 Å². The van der Waals surface area contributed by atoms with Crippen molar-refractivity contribution in [2.75, 3.05) is 0 Å². The number of nitrogens with zero attached hydrogens (tertiary/aromatic N) is 1. The number of furan rings is 2. The van der Waals surface area contributed by atoms with Gasteiger partial charge in [-0.2, -0.15) is 5.26 Å². The lowest BCUT2D eigenvalue weighted by molar-refractivity contribution is 0.668. The highest BCUT2D eigenvalue weighted by Crippen LogP contribution is 2.40. The number of rotatable bonds is 3. The minimum atomic E-state index is 0.645. The second kappa shape index (κ2) is 8.73. The van der Waals surface area contributed by atoms with Gasteiger partial charge in [-0.05, 0) is 76.3 Å². The summed E-state index contributed by atoms with van der Waals surface area (Å²) in [6.45, 7) is 0. The Bertz CT molecular complexity index is 2290. The van der Waals surface area contributed by atoms with E-state index in [9.17, 15) is 5.26 Å². The summed E-state index contributed by atoms with van der Waals surface area (Å²) in [6.07, 6.45) is 0. The molecule has 8 rings (SSSR count). The molecule has 0 bridgehead atoms. The van der Waals surface area contributed by atoms with Crippen LogP contribution in [0.3, 0.4) is 0 Å². The summed E-state index contributed by atoms with van der Waals surface area (Å²) in [7, 11) is 0. The first kappa shape index (κ1) is 22.4. The maximum Gasteiger partial charge on any atom is 0.135 e. The first-order chi connectivity index (χ1) is 19.8. The molecule has 0 radical (unpaired) electrons. The SMILES string of the molecule is N#Cc1ccccc1-c1cc(-c2ccc3oc4ccccc4c3c2)ccc1-c1ccc2oc3ccccc3c2c1. The lowest BCUT2D eigenvalue weighted by Crippen LogP contribution is -1.90. The minimum Gasteiger partial charge on any atom is -0.456 e. The van der Waals surface area contributed by atoms with Gasteiger partial charge in [-0.3, -0.25) is 0 Å². The molecule has 0 aliphatic rings. The van der Waals surface area contributed by atoms with Crippen LogP contribution in [0.2, 0.25) is 0 Å². The van der Waals surface area contributed by atoms with Gasteiger partial charge in [0.25, 0.3) is 0 Å². The van der Waals surface area contributed by atoms with E-state index in [1.165, 1.54) is 0 Å². The fraction of sp³-hybridized carbons (Fsp3) is 0. The smallest absolute Gasteiger partial charge is 0.135 e. The molecule has 0 saturated carbocycles. The molecule has 0 aliphatic heterocycles. The number of hydrogen-bond donors (Lipinski definition) is 0. The van der Waals surface area contributed by atoms with Crippen molar-refractivity contribution in [1.29, 1.82) is 5.26 Å². The number of benzene rings is 6. The van der Waals surface area contributed by atoms with Crippen molar-refractivity contribution in [2.45, 2.75) is 0 Å². The molecule has 0 fully saturated rings. The fourth-order valence-corrected chi connectivity index (χ4v) is 5.81.